The van der Waals surface area contributed by atoms with Gasteiger partial charge in [0.05, 0.1) is 19.2 Å². The number of carbonyl (C=O) groups is 1. The van der Waals surface area contributed by atoms with Crippen LogP contribution >= 0.6 is 11.6 Å². The second kappa shape index (κ2) is 8.88. The van der Waals surface area contributed by atoms with Crippen LogP contribution in [0.4, 0.5) is 5.95 Å². The van der Waals surface area contributed by atoms with E-state index in [4.69, 9.17) is 16.3 Å². The lowest BCUT2D eigenvalue weighted by molar-refractivity contribution is -0.119. The Morgan fingerprint density at radius 2 is 1.77 bits per heavy atom. The third-order valence-corrected chi connectivity index (χ3v) is 5.84. The molecule has 0 spiro atoms. The van der Waals surface area contributed by atoms with Gasteiger partial charge in [0.1, 0.15) is 12.1 Å². The van der Waals surface area contributed by atoms with Crippen LogP contribution in [-0.2, 0) is 4.79 Å². The molecule has 4 rings (SSSR count). The summed E-state index contributed by atoms with van der Waals surface area (Å²) in [6, 6.07) is 15.5. The maximum Gasteiger partial charge on any atom is 0.231 e. The molecule has 0 aliphatic carbocycles. The van der Waals surface area contributed by atoms with E-state index in [1.165, 1.54) is 6.33 Å². The highest BCUT2D eigenvalue weighted by Crippen LogP contribution is 2.42. The number of hydrogen-bond donors (Lipinski definition) is 0. The van der Waals surface area contributed by atoms with Crippen molar-refractivity contribution in [1.29, 1.82) is 0 Å². The van der Waals surface area contributed by atoms with E-state index in [9.17, 15) is 4.79 Å². The molecule has 2 aromatic carbocycles. The maximum atomic E-state index is 13.2. The van der Waals surface area contributed by atoms with Crippen molar-refractivity contribution in [2.75, 3.05) is 12.0 Å². The lowest BCUT2D eigenvalue weighted by atomic mass is 9.91. The summed E-state index contributed by atoms with van der Waals surface area (Å²) in [7, 11) is 1.65. The molecule has 30 heavy (non-hydrogen) atoms. The molecule has 1 aromatic heterocycles. The first-order chi connectivity index (χ1) is 14.6. The molecular weight excluding hydrogens is 400 g/mol. The number of ether oxygens (including phenoxy) is 1. The summed E-state index contributed by atoms with van der Waals surface area (Å²) in [5.41, 5.74) is 2.14. The normalized spacial score (nSPS) is 18.2. The number of halogens is 1. The van der Waals surface area contributed by atoms with Crippen LogP contribution in [0, 0.1) is 0 Å². The minimum absolute atomic E-state index is 0.0377. The van der Waals surface area contributed by atoms with Gasteiger partial charge in [0.25, 0.3) is 0 Å². The molecule has 6 nitrogen and oxygen atoms in total. The molecule has 1 aliphatic heterocycles. The Labute approximate surface area is 181 Å². The Hall–Kier alpha value is -2.86. The molecule has 7 heteroatoms. The number of carbonyl (C=O) groups excluding carboxylic acids is 1. The largest absolute Gasteiger partial charge is 0.497 e. The van der Waals surface area contributed by atoms with E-state index in [0.29, 0.717) is 23.8 Å². The molecule has 2 heterocycles. The van der Waals surface area contributed by atoms with E-state index >= 15 is 0 Å². The van der Waals surface area contributed by atoms with Crippen LogP contribution in [0.2, 0.25) is 5.02 Å². The second-order valence-corrected chi connectivity index (χ2v) is 7.90. The molecule has 0 saturated carbocycles. The third-order valence-electron chi connectivity index (χ3n) is 5.59. The molecule has 3 aromatic rings. The third kappa shape index (κ3) is 3.92. The number of methoxy groups -OCH3 is 1. The SMILES string of the molecule is CCCCC(=O)N1c2ncnn2[C@@H](c2ccc(OC)cc2)C[C@@H]1c1ccc(Cl)cc1. The number of unbranched alkanes of at least 4 members (excludes halogenated alkanes) is 1. The van der Waals surface area contributed by atoms with Gasteiger partial charge in [0.15, 0.2) is 0 Å². The van der Waals surface area contributed by atoms with Crippen molar-refractivity contribution in [3.05, 3.63) is 71.0 Å². The van der Waals surface area contributed by atoms with Gasteiger partial charge < -0.3 is 4.74 Å². The van der Waals surface area contributed by atoms with Gasteiger partial charge >= 0.3 is 0 Å². The lowest BCUT2D eigenvalue weighted by Crippen LogP contribution is -2.42. The van der Waals surface area contributed by atoms with E-state index in [2.05, 4.69) is 17.0 Å². The van der Waals surface area contributed by atoms with Crippen LogP contribution in [0.1, 0.15) is 55.8 Å². The topological polar surface area (TPSA) is 60.2 Å². The van der Waals surface area contributed by atoms with Crippen molar-refractivity contribution >= 4 is 23.5 Å². The fraction of sp³-hybridized carbons (Fsp3) is 0.348. The van der Waals surface area contributed by atoms with Gasteiger partial charge in [-0.2, -0.15) is 10.1 Å². The minimum atomic E-state index is -0.143. The van der Waals surface area contributed by atoms with Gasteiger partial charge in [0.2, 0.25) is 11.9 Å². The van der Waals surface area contributed by atoms with Crippen molar-refractivity contribution in [2.45, 2.75) is 44.7 Å². The average molecular weight is 425 g/mol. The van der Waals surface area contributed by atoms with Crippen LogP contribution in [0.3, 0.4) is 0 Å². The van der Waals surface area contributed by atoms with Crippen LogP contribution in [-0.4, -0.2) is 27.8 Å². The predicted octanol–water partition coefficient (Wildman–Crippen LogP) is 5.20. The fourth-order valence-corrected chi connectivity index (χ4v) is 4.13. The molecule has 0 unspecified atom stereocenters. The smallest absolute Gasteiger partial charge is 0.231 e. The van der Waals surface area contributed by atoms with Gasteiger partial charge in [-0.05, 0) is 48.2 Å². The summed E-state index contributed by atoms with van der Waals surface area (Å²) in [6.07, 6.45) is 4.52. The molecule has 0 saturated heterocycles. The number of fused-ring (bicyclic) bond motifs is 1. The van der Waals surface area contributed by atoms with E-state index < -0.39 is 0 Å². The molecular formula is C23H25ClN4O2. The molecule has 1 aliphatic rings. The monoisotopic (exact) mass is 424 g/mol. The zero-order valence-corrected chi connectivity index (χ0v) is 17.9. The van der Waals surface area contributed by atoms with Crippen LogP contribution in [0.5, 0.6) is 5.75 Å². The zero-order chi connectivity index (χ0) is 21.1. The highest BCUT2D eigenvalue weighted by Gasteiger charge is 2.39. The summed E-state index contributed by atoms with van der Waals surface area (Å²) < 4.78 is 7.16. The number of amides is 1. The molecule has 0 fully saturated rings. The summed E-state index contributed by atoms with van der Waals surface area (Å²) in [6.45, 7) is 2.09. The Kier molecular flexibility index (Phi) is 6.04. The minimum Gasteiger partial charge on any atom is -0.497 e. The molecule has 0 N–H and O–H groups in total. The summed E-state index contributed by atoms with van der Waals surface area (Å²) >= 11 is 6.12. The van der Waals surface area contributed by atoms with Crippen LogP contribution in [0.25, 0.3) is 0 Å². The Balaban J connectivity index is 1.77. The van der Waals surface area contributed by atoms with Gasteiger partial charge in [0, 0.05) is 11.4 Å². The summed E-state index contributed by atoms with van der Waals surface area (Å²) in [4.78, 5) is 19.5. The zero-order valence-electron chi connectivity index (χ0n) is 17.2. The highest BCUT2D eigenvalue weighted by molar-refractivity contribution is 6.30. The molecule has 0 bridgehead atoms. The summed E-state index contributed by atoms with van der Waals surface area (Å²) in [5.74, 6) is 1.46. The van der Waals surface area contributed by atoms with Gasteiger partial charge in [-0.1, -0.05) is 49.2 Å². The molecule has 1 amide bonds. The van der Waals surface area contributed by atoms with Crippen LogP contribution < -0.4 is 9.64 Å². The number of anilines is 1. The van der Waals surface area contributed by atoms with Gasteiger partial charge in [-0.3, -0.25) is 9.69 Å². The average Bonchev–Trinajstić information content (AvgIpc) is 3.26. The Morgan fingerprint density at radius 1 is 1.10 bits per heavy atom. The predicted molar refractivity (Wildman–Crippen MR) is 117 cm³/mol. The van der Waals surface area contributed by atoms with E-state index in [0.717, 1.165) is 29.7 Å². The van der Waals surface area contributed by atoms with Crippen molar-refractivity contribution in [2.24, 2.45) is 0 Å². The van der Waals surface area contributed by atoms with E-state index in [1.807, 2.05) is 58.1 Å². The van der Waals surface area contributed by atoms with Crippen LogP contribution in [0.15, 0.2) is 54.9 Å². The molecule has 156 valence electrons. The lowest BCUT2D eigenvalue weighted by Gasteiger charge is -2.39. The Bertz CT molecular complexity index is 1000. The quantitative estimate of drug-likeness (QED) is 0.545. The van der Waals surface area contributed by atoms with Crippen molar-refractivity contribution in [3.8, 4) is 5.75 Å². The Morgan fingerprint density at radius 3 is 2.43 bits per heavy atom. The molecule has 2 atom stereocenters. The first-order valence-electron chi connectivity index (χ1n) is 10.2. The second-order valence-electron chi connectivity index (χ2n) is 7.46. The van der Waals surface area contributed by atoms with Gasteiger partial charge in [-0.15, -0.1) is 0 Å². The number of nitrogens with zero attached hydrogens (tertiary/aromatic N) is 4. The number of rotatable bonds is 6. The molecule has 0 radical (unpaired) electrons. The number of aromatic nitrogens is 3. The van der Waals surface area contributed by atoms with Crippen molar-refractivity contribution < 1.29 is 9.53 Å². The van der Waals surface area contributed by atoms with Crippen molar-refractivity contribution in [3.63, 3.8) is 0 Å². The number of hydrogen-bond acceptors (Lipinski definition) is 4. The first-order valence-corrected chi connectivity index (χ1v) is 10.6. The van der Waals surface area contributed by atoms with Crippen molar-refractivity contribution in [1.82, 2.24) is 14.8 Å². The van der Waals surface area contributed by atoms with E-state index in [-0.39, 0.29) is 18.0 Å². The highest BCUT2D eigenvalue weighted by atomic mass is 35.5. The standard InChI is InChI=1S/C23H25ClN4O2/c1-3-4-5-22(29)27-20(16-6-10-18(24)11-7-16)14-21(28-23(27)25-15-26-28)17-8-12-19(30-2)13-9-17/h6-13,15,20-21H,3-5,14H2,1-2H3/t20-,21-/m1/s1. The van der Waals surface area contributed by atoms with E-state index in [1.54, 1.807) is 7.11 Å². The maximum absolute atomic E-state index is 13.2. The fourth-order valence-electron chi connectivity index (χ4n) is 4.00. The first kappa shape index (κ1) is 20.4. The number of benzene rings is 2. The summed E-state index contributed by atoms with van der Waals surface area (Å²) in [5, 5.41) is 5.15. The van der Waals surface area contributed by atoms with Gasteiger partial charge in [-0.25, -0.2) is 4.68 Å².